The van der Waals surface area contributed by atoms with E-state index in [0.29, 0.717) is 5.56 Å². The molecule has 5 heteroatoms. The Hall–Kier alpha value is -3.04. The highest BCUT2D eigenvalue weighted by Gasteiger charge is 2.01. The molecular weight excluding hydrogens is 266 g/mol. The maximum Gasteiger partial charge on any atom is 0.185 e. The molecule has 0 fully saturated rings. The Morgan fingerprint density at radius 3 is 2.43 bits per heavy atom. The fourth-order valence-corrected chi connectivity index (χ4v) is 1.74. The zero-order chi connectivity index (χ0) is 15.1. The van der Waals surface area contributed by atoms with Crippen molar-refractivity contribution in [1.29, 1.82) is 0 Å². The van der Waals surface area contributed by atoms with Gasteiger partial charge in [-0.25, -0.2) is 0 Å². The van der Waals surface area contributed by atoms with Crippen molar-refractivity contribution in [2.75, 3.05) is 0 Å². The molecule has 21 heavy (non-hydrogen) atoms. The van der Waals surface area contributed by atoms with Crippen molar-refractivity contribution in [3.8, 4) is 5.75 Å². The summed E-state index contributed by atoms with van der Waals surface area (Å²) in [6.07, 6.45) is 3.17. The monoisotopic (exact) mass is 279 g/mol. The summed E-state index contributed by atoms with van der Waals surface area (Å²) in [5, 5.41) is 12.6. The molecule has 1 N–H and O–H groups in total. The van der Waals surface area contributed by atoms with Crippen LogP contribution in [0, 0.1) is 0 Å². The molecule has 0 unspecified atom stereocenters. The summed E-state index contributed by atoms with van der Waals surface area (Å²) in [5.41, 5.74) is 10.5. The van der Waals surface area contributed by atoms with E-state index < -0.39 is 0 Å². The van der Waals surface area contributed by atoms with Crippen LogP contribution in [0.2, 0.25) is 0 Å². The second kappa shape index (κ2) is 6.93. The fraction of sp³-hybridized carbons (Fsp3) is 0.0625. The van der Waals surface area contributed by atoms with E-state index in [1.165, 1.54) is 6.08 Å². The average Bonchev–Trinajstić information content (AvgIpc) is 2.52. The van der Waals surface area contributed by atoms with E-state index in [9.17, 15) is 9.90 Å². The predicted molar refractivity (Wildman–Crippen MR) is 80.8 cm³/mol. The van der Waals surface area contributed by atoms with Crippen LogP contribution >= 0.6 is 0 Å². The van der Waals surface area contributed by atoms with E-state index >= 15 is 0 Å². The number of rotatable bonds is 5. The molecule has 0 aliphatic rings. The minimum absolute atomic E-state index is 0.113. The molecule has 5 nitrogen and oxygen atoms in total. The summed E-state index contributed by atoms with van der Waals surface area (Å²) in [6.45, 7) is 0.272. The van der Waals surface area contributed by atoms with Crippen LogP contribution in [0.1, 0.15) is 21.5 Å². The van der Waals surface area contributed by atoms with E-state index in [-0.39, 0.29) is 18.1 Å². The molecule has 0 saturated heterocycles. The molecule has 2 rings (SSSR count). The van der Waals surface area contributed by atoms with Crippen LogP contribution < -0.4 is 0 Å². The number of allylic oxidation sites excluding steroid dienone is 1. The highest BCUT2D eigenvalue weighted by Crippen LogP contribution is 2.12. The summed E-state index contributed by atoms with van der Waals surface area (Å²) < 4.78 is 0. The van der Waals surface area contributed by atoms with E-state index in [0.717, 1.165) is 11.1 Å². The van der Waals surface area contributed by atoms with Gasteiger partial charge in [-0.1, -0.05) is 47.6 Å². The largest absolute Gasteiger partial charge is 0.508 e. The van der Waals surface area contributed by atoms with Crippen LogP contribution in [0.3, 0.4) is 0 Å². The second-order valence-electron chi connectivity index (χ2n) is 4.38. The lowest BCUT2D eigenvalue weighted by Crippen LogP contribution is -1.94. The molecule has 0 bridgehead atoms. The lowest BCUT2D eigenvalue weighted by molar-refractivity contribution is 0.104. The number of hydrogen-bond acceptors (Lipinski definition) is 3. The molecule has 0 saturated carbocycles. The lowest BCUT2D eigenvalue weighted by atomic mass is 10.1. The van der Waals surface area contributed by atoms with Crippen molar-refractivity contribution < 1.29 is 9.90 Å². The topological polar surface area (TPSA) is 86.1 Å². The molecule has 0 atom stereocenters. The molecule has 0 aliphatic carbocycles. The summed E-state index contributed by atoms with van der Waals surface area (Å²) >= 11 is 0. The second-order valence-corrected chi connectivity index (χ2v) is 4.38. The SMILES string of the molecule is [N-]=[N+]=NCc1ccc(C(=O)C=Cc2ccc(O)cc2)cc1. The minimum atomic E-state index is -0.113. The Morgan fingerprint density at radius 1 is 1.14 bits per heavy atom. The van der Waals surface area contributed by atoms with Gasteiger partial charge in [-0.15, -0.1) is 0 Å². The van der Waals surface area contributed by atoms with Gasteiger partial charge in [0.1, 0.15) is 5.75 Å². The van der Waals surface area contributed by atoms with Gasteiger partial charge in [0.15, 0.2) is 5.78 Å². The van der Waals surface area contributed by atoms with Crippen LogP contribution in [0.4, 0.5) is 0 Å². The standard InChI is InChI=1S/C16H13N3O2/c17-19-18-11-13-1-6-14(7-2-13)16(21)10-5-12-3-8-15(20)9-4-12/h1-10,20H,11H2. The highest BCUT2D eigenvalue weighted by molar-refractivity contribution is 6.06. The number of nitrogens with zero attached hydrogens (tertiary/aromatic N) is 3. The zero-order valence-electron chi connectivity index (χ0n) is 11.2. The highest BCUT2D eigenvalue weighted by atomic mass is 16.3. The molecule has 104 valence electrons. The number of azide groups is 1. The number of ketones is 1. The number of carbonyl (C=O) groups excluding carboxylic acids is 1. The third kappa shape index (κ3) is 4.23. The summed E-state index contributed by atoms with van der Waals surface area (Å²) in [5.74, 6) is 0.0764. The summed E-state index contributed by atoms with van der Waals surface area (Å²) in [4.78, 5) is 14.7. The first-order valence-electron chi connectivity index (χ1n) is 6.30. The quantitative estimate of drug-likeness (QED) is 0.294. The van der Waals surface area contributed by atoms with Crippen molar-refractivity contribution >= 4 is 11.9 Å². The molecular formula is C16H13N3O2. The fourth-order valence-electron chi connectivity index (χ4n) is 1.74. The molecule has 0 aliphatic heterocycles. The number of benzene rings is 2. The molecule has 0 aromatic heterocycles. The molecule has 0 amide bonds. The van der Waals surface area contributed by atoms with E-state index in [1.54, 1.807) is 54.6 Å². The first-order chi connectivity index (χ1) is 10.2. The van der Waals surface area contributed by atoms with Gasteiger partial charge in [-0.2, -0.15) is 0 Å². The van der Waals surface area contributed by atoms with Gasteiger partial charge in [0.05, 0.1) is 6.54 Å². The van der Waals surface area contributed by atoms with Gasteiger partial charge >= 0.3 is 0 Å². The third-order valence-corrected chi connectivity index (χ3v) is 2.88. The number of phenolic OH excluding ortho intramolecular Hbond substituents is 1. The lowest BCUT2D eigenvalue weighted by Gasteiger charge is -1.99. The Bertz CT molecular complexity index is 697. The van der Waals surface area contributed by atoms with Crippen LogP contribution in [-0.4, -0.2) is 10.9 Å². The van der Waals surface area contributed by atoms with Crippen LogP contribution in [-0.2, 0) is 6.54 Å². The first kappa shape index (κ1) is 14.4. The van der Waals surface area contributed by atoms with E-state index in [4.69, 9.17) is 5.53 Å². The van der Waals surface area contributed by atoms with Gasteiger partial charge in [0.25, 0.3) is 0 Å². The zero-order valence-corrected chi connectivity index (χ0v) is 11.2. The van der Waals surface area contributed by atoms with Crippen molar-refractivity contribution in [1.82, 2.24) is 0 Å². The Labute approximate surface area is 121 Å². The number of aromatic hydroxyl groups is 1. The Balaban J connectivity index is 2.05. The smallest absolute Gasteiger partial charge is 0.185 e. The van der Waals surface area contributed by atoms with Crippen molar-refractivity contribution in [2.24, 2.45) is 5.11 Å². The van der Waals surface area contributed by atoms with Gasteiger partial charge in [0.2, 0.25) is 0 Å². The maximum absolute atomic E-state index is 12.0. The van der Waals surface area contributed by atoms with Gasteiger partial charge in [-0.3, -0.25) is 4.79 Å². The van der Waals surface area contributed by atoms with E-state index in [2.05, 4.69) is 10.0 Å². The molecule has 0 radical (unpaired) electrons. The van der Waals surface area contributed by atoms with Crippen molar-refractivity contribution in [3.63, 3.8) is 0 Å². The Morgan fingerprint density at radius 2 is 1.81 bits per heavy atom. The Kier molecular flexibility index (Phi) is 4.75. The summed E-state index contributed by atoms with van der Waals surface area (Å²) in [6, 6.07) is 13.5. The average molecular weight is 279 g/mol. The van der Waals surface area contributed by atoms with Crippen LogP contribution in [0.15, 0.2) is 59.7 Å². The van der Waals surface area contributed by atoms with Gasteiger partial charge in [-0.05, 0) is 34.9 Å². The first-order valence-corrected chi connectivity index (χ1v) is 6.30. The number of phenols is 1. The third-order valence-electron chi connectivity index (χ3n) is 2.88. The number of hydrogen-bond donors (Lipinski definition) is 1. The van der Waals surface area contributed by atoms with Crippen molar-refractivity contribution in [3.05, 3.63) is 81.7 Å². The molecule has 0 heterocycles. The van der Waals surface area contributed by atoms with Crippen LogP contribution in [0.5, 0.6) is 5.75 Å². The molecule has 2 aromatic carbocycles. The molecule has 2 aromatic rings. The molecule has 0 spiro atoms. The predicted octanol–water partition coefficient (Wildman–Crippen LogP) is 4.10. The number of carbonyl (C=O) groups is 1. The van der Waals surface area contributed by atoms with Gasteiger partial charge < -0.3 is 5.11 Å². The minimum Gasteiger partial charge on any atom is -0.508 e. The normalized spacial score (nSPS) is 10.3. The maximum atomic E-state index is 12.0. The van der Waals surface area contributed by atoms with Crippen molar-refractivity contribution in [2.45, 2.75) is 6.54 Å². The van der Waals surface area contributed by atoms with Crippen LogP contribution in [0.25, 0.3) is 16.5 Å². The van der Waals surface area contributed by atoms with Gasteiger partial charge in [0, 0.05) is 10.5 Å². The van der Waals surface area contributed by atoms with E-state index in [1.807, 2.05) is 0 Å². The summed E-state index contributed by atoms with van der Waals surface area (Å²) in [7, 11) is 0.